The average Bonchev–Trinajstić information content (AvgIpc) is 1.65. The highest BCUT2D eigenvalue weighted by Crippen LogP contribution is 2.36. The summed E-state index contributed by atoms with van der Waals surface area (Å²) < 4.78 is 32.0. The first-order chi connectivity index (χ1) is 58.5. The Hall–Kier alpha value is -12.8. The van der Waals surface area contributed by atoms with E-state index >= 15 is 28.8 Å². The number of likely N-dealkylation sites (tertiary alicyclic amines) is 2. The molecule has 0 radical (unpaired) electrons. The van der Waals surface area contributed by atoms with Crippen LogP contribution in [0.1, 0.15) is 162 Å². The molecule has 8 aromatic rings. The summed E-state index contributed by atoms with van der Waals surface area (Å²) in [5.41, 5.74) is -0.629. The number of rotatable bonds is 13. The predicted octanol–water partition coefficient (Wildman–Crippen LogP) is 9.20. The number of nitriles is 1. The number of hydrogen-bond acceptors (Lipinski definition) is 21. The van der Waals surface area contributed by atoms with Crippen molar-refractivity contribution in [2.75, 3.05) is 34.3 Å². The third-order valence-corrected chi connectivity index (χ3v) is 22.5. The molecule has 12 atom stereocenters. The number of carbonyl (C=O) groups excluding carboxylic acids is 11. The van der Waals surface area contributed by atoms with E-state index in [-0.39, 0.29) is 71.2 Å². The molecule has 6 aliphatic heterocycles. The van der Waals surface area contributed by atoms with Gasteiger partial charge in [0.05, 0.1) is 49.6 Å². The molecule has 0 unspecified atom stereocenters. The molecule has 32 heteroatoms. The maximum atomic E-state index is 15.9. The topological polar surface area (TPSA) is 392 Å². The number of nitrogens with zero attached hydrogens (tertiary/aromatic N) is 11. The van der Waals surface area contributed by atoms with Gasteiger partial charge >= 0.3 is 18.2 Å². The van der Waals surface area contributed by atoms with Crippen molar-refractivity contribution in [1.82, 2.24) is 76.2 Å². The summed E-state index contributed by atoms with van der Waals surface area (Å²) in [5.74, 6) is -6.42. The molecule has 8 heterocycles. The molecule has 0 aliphatic carbocycles. The summed E-state index contributed by atoms with van der Waals surface area (Å²) in [6, 6.07) is 28.9. The van der Waals surface area contributed by atoms with Crippen molar-refractivity contribution >= 4 is 86.8 Å². The van der Waals surface area contributed by atoms with E-state index in [1.807, 2.05) is 84.9 Å². The molecule has 2 saturated heterocycles. The lowest BCUT2D eigenvalue weighted by Gasteiger charge is -2.37. The number of nitrogens with one attached hydrogen (secondary N) is 5. The number of carbonyl (C=O) groups is 11. The highest BCUT2D eigenvalue weighted by molar-refractivity contribution is 5.99. The lowest BCUT2D eigenvalue weighted by molar-refractivity contribution is -0.146. The van der Waals surface area contributed by atoms with Gasteiger partial charge in [-0.1, -0.05) is 161 Å². The first-order valence-electron chi connectivity index (χ1n) is 41.8. The molecule has 5 N–H and O–H groups in total. The number of methoxy groups -OCH3 is 1. The Morgan fingerprint density at radius 1 is 0.532 bits per heavy atom. The van der Waals surface area contributed by atoms with Crippen LogP contribution in [0.15, 0.2) is 146 Å². The molecule has 9 amide bonds. The fourth-order valence-electron chi connectivity index (χ4n) is 15.4. The van der Waals surface area contributed by atoms with Gasteiger partial charge in [-0.15, -0.1) is 10.2 Å². The molecular formula is C92H114N16O16. The van der Waals surface area contributed by atoms with E-state index in [1.54, 1.807) is 144 Å². The number of fused-ring (bicyclic) bond motifs is 2. The Kier molecular flexibility index (Phi) is 28.7. The van der Waals surface area contributed by atoms with Gasteiger partial charge in [0.1, 0.15) is 95.6 Å². The molecule has 6 aromatic carbocycles. The molecule has 32 nitrogen and oxygen atoms in total. The van der Waals surface area contributed by atoms with Crippen LogP contribution >= 0.6 is 0 Å². The molecule has 8 bridgehead atoms. The SMILES string of the molecule is COC(=O)[C@@H]1Cc2ccc(cc2)OCc2cn(nn2)[C@@H]2CCN(C(=O)[C@@H](NC(=O)[C@H](C)N(C)C(=O)OC(C)(C)C)C(C)(C)C)[C@@H]2C(=O)N[C@@H](Cc2ccc3ccccc3c2)C(=O)C[C@H](C#N)Cc2ccc(cc2)OCc2cn(nn2)[C@@H]2CCN(C(=O)[C@@H](NC(=O)[C@H](C)N(C)C(=O)OC(C)(C)C)C(C)(C)C)[C@@H]2C(=O)N[C@@H](Cc2ccc3ccccc3c2)C(=O)N1. The van der Waals surface area contributed by atoms with Crippen LogP contribution in [0.3, 0.4) is 0 Å². The lowest BCUT2D eigenvalue weighted by Crippen LogP contribution is -2.62. The monoisotopic (exact) mass is 1700 g/mol. The zero-order chi connectivity index (χ0) is 90.0. The smallest absolute Gasteiger partial charge is 0.410 e. The summed E-state index contributed by atoms with van der Waals surface area (Å²) in [6.45, 7) is 23.3. The molecule has 14 rings (SSSR count). The highest BCUT2D eigenvalue weighted by Gasteiger charge is 2.51. The average molecular weight is 1700 g/mol. The van der Waals surface area contributed by atoms with Gasteiger partial charge < -0.3 is 60.1 Å². The van der Waals surface area contributed by atoms with Crippen molar-refractivity contribution in [3.63, 3.8) is 0 Å². The number of ketones is 1. The summed E-state index contributed by atoms with van der Waals surface area (Å²) in [7, 11) is 4.01. The Labute approximate surface area is 722 Å². The van der Waals surface area contributed by atoms with Gasteiger partial charge in [0.15, 0.2) is 5.78 Å². The van der Waals surface area contributed by atoms with Crippen molar-refractivity contribution < 1.29 is 76.4 Å². The van der Waals surface area contributed by atoms with Crippen molar-refractivity contribution in [2.45, 2.75) is 233 Å². The van der Waals surface area contributed by atoms with Crippen LogP contribution in [-0.2, 0) is 96.3 Å². The van der Waals surface area contributed by atoms with Crippen LogP contribution < -0.4 is 36.1 Å². The largest absolute Gasteiger partial charge is 0.487 e. The second-order valence-electron chi connectivity index (χ2n) is 36.4. The fraction of sp³-hybridized carbons (Fsp3) is 0.478. The Morgan fingerprint density at radius 2 is 0.935 bits per heavy atom. The first-order valence-corrected chi connectivity index (χ1v) is 41.8. The molecule has 124 heavy (non-hydrogen) atoms. The third-order valence-electron chi connectivity index (χ3n) is 22.5. The predicted molar refractivity (Wildman–Crippen MR) is 459 cm³/mol. The summed E-state index contributed by atoms with van der Waals surface area (Å²) in [4.78, 5) is 168. The van der Waals surface area contributed by atoms with Gasteiger partial charge in [-0.3, -0.25) is 48.2 Å². The molecule has 2 fully saturated rings. The first kappa shape index (κ1) is 91.9. The van der Waals surface area contributed by atoms with E-state index in [0.717, 1.165) is 31.3 Å². The number of amides is 9. The second kappa shape index (κ2) is 38.7. The number of aromatic nitrogens is 6. The number of hydrogen-bond donors (Lipinski definition) is 5. The maximum Gasteiger partial charge on any atom is 0.410 e. The number of benzene rings is 6. The number of esters is 1. The molecule has 658 valence electrons. The maximum absolute atomic E-state index is 15.9. The lowest BCUT2D eigenvalue weighted by atomic mass is 9.85. The van der Waals surface area contributed by atoms with E-state index in [4.69, 9.17) is 23.7 Å². The zero-order valence-corrected chi connectivity index (χ0v) is 73.5. The van der Waals surface area contributed by atoms with Crippen molar-refractivity contribution in [2.24, 2.45) is 16.7 Å². The number of ether oxygens (including phenoxy) is 5. The quantitative estimate of drug-likeness (QED) is 0.0530. The zero-order valence-electron chi connectivity index (χ0n) is 73.5. The summed E-state index contributed by atoms with van der Waals surface area (Å²) in [5, 5.41) is 47.1. The van der Waals surface area contributed by atoms with Gasteiger partial charge in [-0.05, 0) is 160 Å². The minimum atomic E-state index is -1.44. The highest BCUT2D eigenvalue weighted by atomic mass is 16.6. The van der Waals surface area contributed by atoms with Crippen molar-refractivity contribution in [3.8, 4) is 17.6 Å². The van der Waals surface area contributed by atoms with Crippen LogP contribution in [0.25, 0.3) is 21.5 Å². The van der Waals surface area contributed by atoms with Crippen LogP contribution in [0.2, 0.25) is 0 Å². The van der Waals surface area contributed by atoms with Crippen LogP contribution in [0, 0.1) is 28.1 Å². The second-order valence-corrected chi connectivity index (χ2v) is 36.4. The molecule has 2 aromatic heterocycles. The fourth-order valence-corrected chi connectivity index (χ4v) is 15.4. The molecule has 0 saturated carbocycles. The summed E-state index contributed by atoms with van der Waals surface area (Å²) in [6.07, 6.45) is 1.43. The third kappa shape index (κ3) is 23.1. The van der Waals surface area contributed by atoms with Gasteiger partial charge in [0.25, 0.3) is 0 Å². The van der Waals surface area contributed by atoms with Crippen LogP contribution in [0.4, 0.5) is 9.59 Å². The normalized spacial score (nSPS) is 20.7. The van der Waals surface area contributed by atoms with E-state index in [1.165, 1.54) is 54.2 Å². The number of likely N-dealkylation sites (N-methyl/N-ethyl adjacent to an activating group) is 2. The standard InChI is InChI=1S/C92H114N16O16/c1-54(103(15)87(118)123-91(9,10)11)79(110)97-77(89(3,4)5)84(115)105-40-38-72-75(105)82(113)94-69(46-58-26-32-61-22-18-20-24-63(61)43-58)74(109)48-60(49-93)42-56-28-34-67(35-29-56)121-52-66-51-108(102-100-66)73-39-41-106(85(116)78(90(6,7)8)98-80(111)55(2)104(16)88(119)124-92(12,13)14)76(73)83(114)95-70(47-59-27-33-62-23-19-21-25-64(62)44-59)81(112)96-71(86(117)120-17)45-57-30-36-68(37-31-57)122-53-65-50-107(72)101-99-65/h18-37,43-44,50-51,54-55,60,69-73,75-78H,38-42,45-48,52-53H2,1-17H3,(H,94,113)(H,95,114)(H,96,112)(H,97,110)(H,98,111)/t54-,55-,60+,69-,70-,71-,72+,73+,75-,76-,77+,78+/m0/s1. The van der Waals surface area contributed by atoms with E-state index in [9.17, 15) is 29.2 Å². The van der Waals surface area contributed by atoms with E-state index < -0.39 is 160 Å². The van der Waals surface area contributed by atoms with Gasteiger partial charge in [-0.2, -0.15) is 5.26 Å². The summed E-state index contributed by atoms with van der Waals surface area (Å²) >= 11 is 0. The number of Topliss-reactive ketones (excluding diaryl/α,β-unsaturated/α-hetero) is 1. The minimum absolute atomic E-state index is 0.0173. The molecular weight excluding hydrogens is 1590 g/mol. The molecule has 0 spiro atoms. The van der Waals surface area contributed by atoms with Crippen LogP contribution in [-0.4, -0.2) is 215 Å². The van der Waals surface area contributed by atoms with Crippen molar-refractivity contribution in [1.29, 1.82) is 5.26 Å². The Bertz CT molecular complexity index is 5290. The molecule has 6 aliphatic rings. The van der Waals surface area contributed by atoms with Crippen LogP contribution in [0.5, 0.6) is 11.5 Å². The van der Waals surface area contributed by atoms with Gasteiger partial charge in [0, 0.05) is 46.4 Å². The van der Waals surface area contributed by atoms with Gasteiger partial charge in [-0.25, -0.2) is 23.7 Å². The Morgan fingerprint density at radius 3 is 1.34 bits per heavy atom. The van der Waals surface area contributed by atoms with Gasteiger partial charge in [0.2, 0.25) is 41.4 Å². The van der Waals surface area contributed by atoms with E-state index in [0.29, 0.717) is 45.1 Å². The van der Waals surface area contributed by atoms with E-state index in [2.05, 4.69) is 53.3 Å². The van der Waals surface area contributed by atoms with Crippen molar-refractivity contribution in [3.05, 3.63) is 179 Å². The Balaban J connectivity index is 0.937. The minimum Gasteiger partial charge on any atom is -0.487 e.